The summed E-state index contributed by atoms with van der Waals surface area (Å²) in [6, 6.07) is 8.61. The first-order valence-electron chi connectivity index (χ1n) is 20.7. The molecule has 4 aromatic rings. The van der Waals surface area contributed by atoms with E-state index in [2.05, 4.69) is 43.9 Å². The third-order valence-electron chi connectivity index (χ3n) is 12.8. The number of ether oxygens (including phenoxy) is 1. The van der Waals surface area contributed by atoms with E-state index in [4.69, 9.17) is 9.72 Å². The summed E-state index contributed by atoms with van der Waals surface area (Å²) in [5.41, 5.74) is 4.94. The number of benzene rings is 1. The number of aliphatic hydroxyl groups is 1. The molecule has 296 valence electrons. The van der Waals surface area contributed by atoms with E-state index in [1.165, 1.54) is 5.56 Å². The van der Waals surface area contributed by atoms with Crippen LogP contribution in [0.25, 0.3) is 16.6 Å². The molecule has 0 bridgehead atoms. The summed E-state index contributed by atoms with van der Waals surface area (Å²) < 4.78 is 10.8. The molecule has 3 aliphatic heterocycles. The highest BCUT2D eigenvalue weighted by Gasteiger charge is 2.32. The van der Waals surface area contributed by atoms with Crippen molar-refractivity contribution in [3.63, 3.8) is 0 Å². The third-order valence-corrected chi connectivity index (χ3v) is 12.8. The Labute approximate surface area is 322 Å². The van der Waals surface area contributed by atoms with Crippen LogP contribution in [0, 0.1) is 0 Å². The SMILES string of the molecule is Cn1c(=O)n(C2CCC(O)NC2=O)c2ccc(CCCCCCC(=O)N3CCN(C4CCC(Nc5ncnn6ccc(C7CCOCC7)c56)CC4)CC3)cc21. The van der Waals surface area contributed by atoms with E-state index in [1.807, 2.05) is 16.6 Å². The Morgan fingerprint density at radius 2 is 1.71 bits per heavy atom. The summed E-state index contributed by atoms with van der Waals surface area (Å²) in [5.74, 6) is 1.40. The molecular weight excluding hydrogens is 699 g/mol. The number of piperazine rings is 1. The number of unbranched alkanes of at least 4 members (excludes halogenated alkanes) is 3. The van der Waals surface area contributed by atoms with Crippen molar-refractivity contribution in [2.24, 2.45) is 7.05 Å². The number of aromatic nitrogens is 5. The number of piperidine rings is 1. The van der Waals surface area contributed by atoms with Crippen LogP contribution < -0.4 is 16.3 Å². The number of hydrogen-bond acceptors (Lipinski definition) is 9. The molecule has 2 atom stereocenters. The molecule has 3 saturated heterocycles. The van der Waals surface area contributed by atoms with Gasteiger partial charge in [-0.2, -0.15) is 5.10 Å². The van der Waals surface area contributed by atoms with Crippen LogP contribution in [-0.2, 0) is 27.8 Å². The Kier molecular flexibility index (Phi) is 11.5. The quantitative estimate of drug-likeness (QED) is 0.182. The number of carbonyl (C=O) groups excluding carboxylic acids is 2. The fraction of sp³-hybridized carbons (Fsp3) is 0.634. The summed E-state index contributed by atoms with van der Waals surface area (Å²) >= 11 is 0. The fourth-order valence-corrected chi connectivity index (χ4v) is 9.55. The number of imidazole rings is 1. The second-order valence-electron chi connectivity index (χ2n) is 16.2. The average molecular weight is 756 g/mol. The number of anilines is 1. The molecule has 2 unspecified atom stereocenters. The van der Waals surface area contributed by atoms with Gasteiger partial charge in [-0.1, -0.05) is 18.9 Å². The zero-order valence-electron chi connectivity index (χ0n) is 32.2. The van der Waals surface area contributed by atoms with Gasteiger partial charge in [-0.15, -0.1) is 0 Å². The second-order valence-corrected chi connectivity index (χ2v) is 16.2. The van der Waals surface area contributed by atoms with Crippen molar-refractivity contribution in [3.8, 4) is 0 Å². The number of hydrogen-bond donors (Lipinski definition) is 3. The summed E-state index contributed by atoms with van der Waals surface area (Å²) in [4.78, 5) is 48.1. The predicted molar refractivity (Wildman–Crippen MR) is 210 cm³/mol. The van der Waals surface area contributed by atoms with Crippen molar-refractivity contribution in [2.75, 3.05) is 44.7 Å². The normalized spacial score (nSPS) is 24.4. The van der Waals surface area contributed by atoms with Gasteiger partial charge in [0.25, 0.3) is 0 Å². The standard InChI is InChI=1S/C41H57N9O5/c1-46-35-26-28(8-13-33(35)50(41(46)54)34-14-15-36(51)45-40(34)53)6-4-2-3-5-7-37(52)48-22-20-47(21-23-48)31-11-9-30(10-12-31)44-39-38-32(29-17-24-55-25-18-29)16-19-49(38)43-27-42-39/h8,13,16,19,26-27,29-31,34,36,51H,2-7,9-12,14-15,17-18,20-25H2,1H3,(H,45,53)(H,42,43,44). The Hall–Kier alpha value is -4.27. The Bertz CT molecular complexity index is 2020. The van der Waals surface area contributed by atoms with Crippen LogP contribution in [0.3, 0.4) is 0 Å². The van der Waals surface area contributed by atoms with E-state index in [9.17, 15) is 19.5 Å². The van der Waals surface area contributed by atoms with Crippen LogP contribution in [0.15, 0.2) is 41.6 Å². The van der Waals surface area contributed by atoms with E-state index in [0.717, 1.165) is 138 Å². The number of fused-ring (bicyclic) bond motifs is 2. The fourth-order valence-electron chi connectivity index (χ4n) is 9.55. The minimum absolute atomic E-state index is 0.219. The van der Waals surface area contributed by atoms with Crippen LogP contribution in [0.2, 0.25) is 0 Å². The van der Waals surface area contributed by atoms with Gasteiger partial charge in [0.15, 0.2) is 5.82 Å². The van der Waals surface area contributed by atoms with Gasteiger partial charge in [0.2, 0.25) is 11.8 Å². The molecule has 1 aliphatic carbocycles. The van der Waals surface area contributed by atoms with Crippen molar-refractivity contribution in [1.82, 2.24) is 38.8 Å². The van der Waals surface area contributed by atoms with Crippen molar-refractivity contribution in [3.05, 3.63) is 58.4 Å². The van der Waals surface area contributed by atoms with Crippen molar-refractivity contribution < 1.29 is 19.4 Å². The molecule has 3 aromatic heterocycles. The molecular formula is C41H57N9O5. The maximum absolute atomic E-state index is 13.1. The number of aryl methyl sites for hydroxylation is 2. The van der Waals surface area contributed by atoms with E-state index in [-0.39, 0.29) is 17.5 Å². The van der Waals surface area contributed by atoms with Crippen LogP contribution in [0.4, 0.5) is 5.82 Å². The largest absolute Gasteiger partial charge is 0.381 e. The average Bonchev–Trinajstić information content (AvgIpc) is 3.75. The van der Waals surface area contributed by atoms with Gasteiger partial charge in [0.1, 0.15) is 24.1 Å². The van der Waals surface area contributed by atoms with E-state index < -0.39 is 12.3 Å². The molecule has 8 rings (SSSR count). The molecule has 0 spiro atoms. The van der Waals surface area contributed by atoms with Crippen LogP contribution >= 0.6 is 0 Å². The maximum Gasteiger partial charge on any atom is 0.329 e. The number of nitrogens with zero attached hydrogens (tertiary/aromatic N) is 7. The van der Waals surface area contributed by atoms with Gasteiger partial charge in [0, 0.05) is 71.1 Å². The van der Waals surface area contributed by atoms with Gasteiger partial charge in [0.05, 0.1) is 11.0 Å². The van der Waals surface area contributed by atoms with Crippen LogP contribution in [-0.4, -0.2) is 108 Å². The lowest BCUT2D eigenvalue weighted by Crippen LogP contribution is -2.53. The Balaban J connectivity index is 0.734. The first-order valence-corrected chi connectivity index (χ1v) is 20.7. The lowest BCUT2D eigenvalue weighted by atomic mass is 9.89. The molecule has 14 heteroatoms. The number of rotatable bonds is 12. The molecule has 2 amide bonds. The van der Waals surface area contributed by atoms with Gasteiger partial charge >= 0.3 is 5.69 Å². The molecule has 55 heavy (non-hydrogen) atoms. The number of carbonyl (C=O) groups is 2. The lowest BCUT2D eigenvalue weighted by molar-refractivity contribution is -0.133. The monoisotopic (exact) mass is 755 g/mol. The summed E-state index contributed by atoms with van der Waals surface area (Å²) in [6.45, 7) is 5.17. The van der Waals surface area contributed by atoms with Crippen LogP contribution in [0.1, 0.15) is 107 Å². The van der Waals surface area contributed by atoms with E-state index >= 15 is 0 Å². The predicted octanol–water partition coefficient (Wildman–Crippen LogP) is 4.11. The highest BCUT2D eigenvalue weighted by Crippen LogP contribution is 2.34. The molecule has 3 N–H and O–H groups in total. The third kappa shape index (κ3) is 8.17. The van der Waals surface area contributed by atoms with E-state index in [0.29, 0.717) is 37.3 Å². The molecule has 4 aliphatic rings. The highest BCUT2D eigenvalue weighted by molar-refractivity contribution is 5.85. The molecule has 14 nitrogen and oxygen atoms in total. The summed E-state index contributed by atoms with van der Waals surface area (Å²) in [7, 11) is 1.74. The highest BCUT2D eigenvalue weighted by atomic mass is 16.5. The minimum atomic E-state index is -0.855. The maximum atomic E-state index is 13.1. The number of aliphatic hydroxyl groups excluding tert-OH is 1. The van der Waals surface area contributed by atoms with Crippen molar-refractivity contribution >= 4 is 34.2 Å². The number of amides is 2. The summed E-state index contributed by atoms with van der Waals surface area (Å²) in [5, 5.41) is 20.6. The molecule has 4 fully saturated rings. The number of nitrogens with one attached hydrogen (secondary N) is 2. The van der Waals surface area contributed by atoms with Gasteiger partial charge in [-0.25, -0.2) is 14.3 Å². The van der Waals surface area contributed by atoms with Gasteiger partial charge in [-0.3, -0.25) is 23.6 Å². The topological polar surface area (TPSA) is 151 Å². The molecule has 0 radical (unpaired) electrons. The molecule has 1 aromatic carbocycles. The lowest BCUT2D eigenvalue weighted by Gasteiger charge is -2.42. The minimum Gasteiger partial charge on any atom is -0.381 e. The van der Waals surface area contributed by atoms with Gasteiger partial charge < -0.3 is 25.4 Å². The Morgan fingerprint density at radius 3 is 2.49 bits per heavy atom. The Morgan fingerprint density at radius 1 is 0.927 bits per heavy atom. The second kappa shape index (κ2) is 16.8. The first kappa shape index (κ1) is 37.6. The van der Waals surface area contributed by atoms with Gasteiger partial charge in [-0.05, 0) is 106 Å². The van der Waals surface area contributed by atoms with E-state index in [1.54, 1.807) is 22.5 Å². The van der Waals surface area contributed by atoms with Crippen molar-refractivity contribution in [2.45, 2.75) is 120 Å². The zero-order chi connectivity index (χ0) is 37.9. The first-order chi connectivity index (χ1) is 26.8. The summed E-state index contributed by atoms with van der Waals surface area (Å²) in [6.07, 6.45) is 15.8. The van der Waals surface area contributed by atoms with Crippen molar-refractivity contribution in [1.29, 1.82) is 0 Å². The zero-order valence-corrected chi connectivity index (χ0v) is 32.2. The van der Waals surface area contributed by atoms with Crippen LogP contribution in [0.5, 0.6) is 0 Å². The smallest absolute Gasteiger partial charge is 0.329 e. The molecule has 6 heterocycles. The molecule has 1 saturated carbocycles.